The fourth-order valence-corrected chi connectivity index (χ4v) is 3.03. The molecule has 0 atom stereocenters. The Kier molecular flexibility index (Phi) is 11.7. The third-order valence-corrected chi connectivity index (χ3v) is 5.60. The SMILES string of the molecule is O.O=P(O)(O)C(O)(Cn1ccnc1)P(=O)(O)O.[Na+].[Na+]. The average molecular weight is 336 g/mol. The molecule has 0 saturated heterocycles. The summed E-state index contributed by atoms with van der Waals surface area (Å²) in [6.07, 6.45) is 3.51. The van der Waals surface area contributed by atoms with Crippen LogP contribution >= 0.6 is 15.2 Å². The summed E-state index contributed by atoms with van der Waals surface area (Å²) >= 11 is 0. The van der Waals surface area contributed by atoms with Crippen LogP contribution in [0.15, 0.2) is 18.7 Å². The van der Waals surface area contributed by atoms with Gasteiger partial charge in [0.2, 0.25) is 0 Å². The van der Waals surface area contributed by atoms with Crippen LogP contribution in [0.3, 0.4) is 0 Å². The van der Waals surface area contributed by atoms with Gasteiger partial charge in [-0.2, -0.15) is 0 Å². The third-order valence-electron chi connectivity index (χ3n) is 1.89. The van der Waals surface area contributed by atoms with Crippen LogP contribution in [0.4, 0.5) is 0 Å². The Morgan fingerprint density at radius 3 is 1.79 bits per heavy atom. The summed E-state index contributed by atoms with van der Waals surface area (Å²) in [5.41, 5.74) is 0. The van der Waals surface area contributed by atoms with Gasteiger partial charge < -0.3 is 34.7 Å². The molecule has 0 fully saturated rings. The van der Waals surface area contributed by atoms with E-state index in [-0.39, 0.29) is 64.6 Å². The molecule has 0 amide bonds. The second-order valence-electron chi connectivity index (χ2n) is 3.10. The Bertz CT molecular complexity index is 434. The minimum atomic E-state index is -5.41. The maximum atomic E-state index is 10.9. The molecule has 0 aliphatic heterocycles. The summed E-state index contributed by atoms with van der Waals surface area (Å²) < 4.78 is 22.8. The maximum absolute atomic E-state index is 10.9. The van der Waals surface area contributed by atoms with E-state index in [2.05, 4.69) is 4.98 Å². The Balaban J connectivity index is -0.000000853. The van der Waals surface area contributed by atoms with E-state index in [0.717, 1.165) is 10.9 Å². The first-order valence-electron chi connectivity index (χ1n) is 3.87. The molecule has 100 valence electrons. The summed E-state index contributed by atoms with van der Waals surface area (Å²) in [4.78, 5) is 38.7. The molecular formula is C5H12N2Na2O8P2+2. The molecule has 0 saturated carbocycles. The van der Waals surface area contributed by atoms with Gasteiger partial charge in [-0.3, -0.25) is 9.13 Å². The van der Waals surface area contributed by atoms with E-state index in [0.29, 0.717) is 0 Å². The first kappa shape index (κ1) is 25.4. The quantitative estimate of drug-likeness (QED) is 0.265. The number of aromatic nitrogens is 2. The number of rotatable bonds is 4. The monoisotopic (exact) mass is 336 g/mol. The zero-order chi connectivity index (χ0) is 12.6. The predicted octanol–water partition coefficient (Wildman–Crippen LogP) is -7.93. The number of aliphatic hydroxyl groups is 1. The van der Waals surface area contributed by atoms with E-state index >= 15 is 0 Å². The van der Waals surface area contributed by atoms with E-state index in [1.165, 1.54) is 12.4 Å². The minimum Gasteiger partial charge on any atom is -0.412 e. The summed E-state index contributed by atoms with van der Waals surface area (Å²) in [5, 5.41) is 6.04. The van der Waals surface area contributed by atoms with Crippen molar-refractivity contribution in [2.75, 3.05) is 0 Å². The molecule has 14 heteroatoms. The predicted molar refractivity (Wildman–Crippen MR) is 54.9 cm³/mol. The van der Waals surface area contributed by atoms with Crippen molar-refractivity contribution in [2.45, 2.75) is 11.6 Å². The molecule has 0 aliphatic rings. The van der Waals surface area contributed by atoms with Crippen LogP contribution in [-0.2, 0) is 15.7 Å². The topological polar surface area (TPSA) is 185 Å². The molecule has 0 aromatic carbocycles. The molecule has 0 bridgehead atoms. The Labute approximate surface area is 152 Å². The van der Waals surface area contributed by atoms with Crippen molar-refractivity contribution in [3.8, 4) is 0 Å². The van der Waals surface area contributed by atoms with Gasteiger partial charge >= 0.3 is 74.3 Å². The average Bonchev–Trinajstić information content (AvgIpc) is 2.52. The van der Waals surface area contributed by atoms with Crippen molar-refractivity contribution in [2.24, 2.45) is 0 Å². The molecule has 10 nitrogen and oxygen atoms in total. The van der Waals surface area contributed by atoms with Crippen LogP contribution < -0.4 is 59.1 Å². The van der Waals surface area contributed by atoms with Gasteiger partial charge in [0.25, 0.3) is 5.08 Å². The zero-order valence-corrected chi connectivity index (χ0v) is 16.1. The molecule has 1 aromatic rings. The zero-order valence-electron chi connectivity index (χ0n) is 10.3. The first-order valence-corrected chi connectivity index (χ1v) is 7.10. The van der Waals surface area contributed by atoms with Crippen LogP contribution in [0.1, 0.15) is 0 Å². The van der Waals surface area contributed by atoms with Crippen LogP contribution in [0.2, 0.25) is 0 Å². The molecule has 1 heterocycles. The van der Waals surface area contributed by atoms with Gasteiger partial charge in [-0.15, -0.1) is 0 Å². The van der Waals surface area contributed by atoms with E-state index in [1.54, 1.807) is 0 Å². The van der Waals surface area contributed by atoms with Crippen LogP contribution in [0.5, 0.6) is 0 Å². The third kappa shape index (κ3) is 5.98. The van der Waals surface area contributed by atoms with Gasteiger partial charge in [0.15, 0.2) is 0 Å². The molecule has 0 aliphatic carbocycles. The number of imidazole rings is 1. The van der Waals surface area contributed by atoms with E-state index < -0.39 is 26.8 Å². The van der Waals surface area contributed by atoms with E-state index in [4.69, 9.17) is 19.6 Å². The molecule has 0 unspecified atom stereocenters. The fraction of sp³-hybridized carbons (Fsp3) is 0.400. The first-order chi connectivity index (χ1) is 7.08. The number of hydrogen-bond acceptors (Lipinski definition) is 4. The van der Waals surface area contributed by atoms with Gasteiger partial charge in [-0.1, -0.05) is 0 Å². The minimum absolute atomic E-state index is 0. The van der Waals surface area contributed by atoms with E-state index in [9.17, 15) is 14.2 Å². The van der Waals surface area contributed by atoms with Crippen molar-refractivity contribution in [1.82, 2.24) is 9.55 Å². The fourth-order valence-electron chi connectivity index (χ4n) is 0.979. The maximum Gasteiger partial charge on any atom is 1.00 e. The normalized spacial score (nSPS) is 11.8. The van der Waals surface area contributed by atoms with Gasteiger partial charge in [0.1, 0.15) is 0 Å². The van der Waals surface area contributed by atoms with Crippen molar-refractivity contribution in [3.05, 3.63) is 18.7 Å². The number of hydrogen-bond donors (Lipinski definition) is 5. The molecule has 1 rings (SSSR count). The molecule has 0 spiro atoms. The standard InChI is InChI=1S/C5H10N2O7P2.2Na.H2O/c8-5(15(9,10)11,16(12,13)14)3-7-2-1-6-4-7;;;/h1-2,4,8H,3H2,(H2,9,10,11)(H2,12,13,14);;;1H2/q;2*+1;. The largest absolute Gasteiger partial charge is 1.00 e. The van der Waals surface area contributed by atoms with Gasteiger partial charge in [0.05, 0.1) is 12.9 Å². The molecular weight excluding hydrogens is 324 g/mol. The van der Waals surface area contributed by atoms with Crippen molar-refractivity contribution < 1.29 is 98.4 Å². The van der Waals surface area contributed by atoms with Crippen molar-refractivity contribution in [3.63, 3.8) is 0 Å². The summed E-state index contributed by atoms with van der Waals surface area (Å²) in [5.74, 6) is 0. The second-order valence-corrected chi connectivity index (χ2v) is 7.11. The van der Waals surface area contributed by atoms with Crippen LogP contribution in [0.25, 0.3) is 0 Å². The van der Waals surface area contributed by atoms with Crippen LogP contribution in [0, 0.1) is 0 Å². The molecule has 7 N–H and O–H groups in total. The van der Waals surface area contributed by atoms with Crippen molar-refractivity contribution >= 4 is 15.2 Å². The number of nitrogens with zero attached hydrogens (tertiary/aromatic N) is 2. The van der Waals surface area contributed by atoms with E-state index in [1.807, 2.05) is 0 Å². The summed E-state index contributed by atoms with van der Waals surface area (Å²) in [6, 6.07) is 0. The van der Waals surface area contributed by atoms with Gasteiger partial charge in [0, 0.05) is 12.4 Å². The Morgan fingerprint density at radius 2 is 1.53 bits per heavy atom. The van der Waals surface area contributed by atoms with Crippen LogP contribution in [-0.4, -0.2) is 44.8 Å². The van der Waals surface area contributed by atoms with Crippen molar-refractivity contribution in [1.29, 1.82) is 0 Å². The second kappa shape index (κ2) is 8.77. The molecule has 1 aromatic heterocycles. The Morgan fingerprint density at radius 1 is 1.11 bits per heavy atom. The van der Waals surface area contributed by atoms with Gasteiger partial charge in [-0.25, -0.2) is 4.98 Å². The summed E-state index contributed by atoms with van der Waals surface area (Å²) in [7, 11) is -10.8. The Hall–Kier alpha value is 1.43. The van der Waals surface area contributed by atoms with Gasteiger partial charge in [-0.05, 0) is 0 Å². The summed E-state index contributed by atoms with van der Waals surface area (Å²) in [6.45, 7) is -0.957. The molecule has 19 heavy (non-hydrogen) atoms. The smallest absolute Gasteiger partial charge is 0.412 e. The molecule has 0 radical (unpaired) electrons.